The number of hydrogen-bond donors (Lipinski definition) is 4. The molecule has 7 nitrogen and oxygen atoms in total. The molecule has 4 atom stereocenters. The van der Waals surface area contributed by atoms with E-state index in [2.05, 4.69) is 65.4 Å². The van der Waals surface area contributed by atoms with Crippen LogP contribution in [-0.4, -0.2) is 38.1 Å². The van der Waals surface area contributed by atoms with Crippen molar-refractivity contribution in [2.45, 2.75) is 38.9 Å². The van der Waals surface area contributed by atoms with Crippen molar-refractivity contribution in [3.63, 3.8) is 0 Å². The molecule has 45 heavy (non-hydrogen) atoms. The maximum Gasteiger partial charge on any atom is 0.253 e. The molecule has 4 aromatic rings. The third-order valence-electron chi connectivity index (χ3n) is 9.26. The molecular formula is C37H40ClN5O2. The van der Waals surface area contributed by atoms with Crippen LogP contribution in [0.3, 0.4) is 0 Å². The first-order valence-electron chi connectivity index (χ1n) is 15.8. The standard InChI is InChI=1S/C37H40ClN5O2/c1-23-3-9-27(10-4-23)24(2)42-19-30-12-14-36(45-30)28-11-13-35(38)31(16-28)37(44)43-29(15-25-5-7-26(17-39)8-6-25)18-40-20-32-33-21-41-22-34(32)33/h3-14,16,24,29,32-34,40-42H,15,18-22H2,1-2H3,(H,43,44)/t24-,29-,33+,34+/m1/s1. The Morgan fingerprint density at radius 1 is 1.04 bits per heavy atom. The zero-order valence-electron chi connectivity index (χ0n) is 25.8. The number of benzene rings is 3. The van der Waals surface area contributed by atoms with E-state index in [1.54, 1.807) is 12.1 Å². The summed E-state index contributed by atoms with van der Waals surface area (Å²) in [7, 11) is 0. The molecule has 1 aromatic heterocycles. The van der Waals surface area contributed by atoms with Crippen LogP contribution in [0.2, 0.25) is 5.02 Å². The van der Waals surface area contributed by atoms with E-state index in [4.69, 9.17) is 16.0 Å². The smallest absolute Gasteiger partial charge is 0.253 e. The van der Waals surface area contributed by atoms with E-state index in [-0.39, 0.29) is 18.0 Å². The maximum absolute atomic E-state index is 13.6. The van der Waals surface area contributed by atoms with Gasteiger partial charge >= 0.3 is 0 Å². The lowest BCUT2D eigenvalue weighted by Gasteiger charge is -2.21. The van der Waals surface area contributed by atoms with Gasteiger partial charge in [0.25, 0.3) is 5.91 Å². The zero-order valence-corrected chi connectivity index (χ0v) is 26.5. The number of furan rings is 1. The summed E-state index contributed by atoms with van der Waals surface area (Å²) in [5, 5.41) is 23.4. The second kappa shape index (κ2) is 14.0. The molecule has 8 heteroatoms. The minimum absolute atomic E-state index is 0.154. The van der Waals surface area contributed by atoms with Crippen molar-refractivity contribution >= 4 is 17.5 Å². The number of carbonyl (C=O) groups excluding carboxylic acids is 1. The molecule has 2 aliphatic rings. The van der Waals surface area contributed by atoms with Crippen molar-refractivity contribution in [1.29, 1.82) is 5.26 Å². The Kier molecular flexibility index (Phi) is 9.67. The fourth-order valence-electron chi connectivity index (χ4n) is 6.42. The van der Waals surface area contributed by atoms with Gasteiger partial charge < -0.3 is 25.7 Å². The van der Waals surface area contributed by atoms with E-state index in [0.29, 0.717) is 47.3 Å². The number of nitrogens with zero attached hydrogens (tertiary/aromatic N) is 1. The minimum Gasteiger partial charge on any atom is -0.460 e. The predicted molar refractivity (Wildman–Crippen MR) is 178 cm³/mol. The Morgan fingerprint density at radius 2 is 1.80 bits per heavy atom. The van der Waals surface area contributed by atoms with Gasteiger partial charge in [-0.1, -0.05) is 53.6 Å². The Bertz CT molecular complexity index is 1650. The summed E-state index contributed by atoms with van der Waals surface area (Å²) in [6, 6.07) is 27.6. The van der Waals surface area contributed by atoms with Gasteiger partial charge in [-0.3, -0.25) is 4.79 Å². The van der Waals surface area contributed by atoms with Gasteiger partial charge in [0.1, 0.15) is 11.5 Å². The number of nitrogens with one attached hydrogen (secondary N) is 4. The Hall–Kier alpha value is -3.93. The fraction of sp³-hybridized carbons (Fsp3) is 0.351. The molecule has 1 amide bonds. The Balaban J connectivity index is 1.10. The van der Waals surface area contributed by atoms with E-state index in [1.165, 1.54) is 11.1 Å². The third kappa shape index (κ3) is 7.66. The molecule has 4 N–H and O–H groups in total. The highest BCUT2D eigenvalue weighted by Crippen LogP contribution is 2.48. The second-order valence-corrected chi connectivity index (χ2v) is 12.9. The molecule has 1 aliphatic heterocycles. The number of amides is 1. The summed E-state index contributed by atoms with van der Waals surface area (Å²) in [5.41, 5.74) is 5.34. The number of piperidine rings is 1. The molecule has 0 bridgehead atoms. The summed E-state index contributed by atoms with van der Waals surface area (Å²) < 4.78 is 6.17. The van der Waals surface area contributed by atoms with Gasteiger partial charge in [0, 0.05) is 24.2 Å². The van der Waals surface area contributed by atoms with Crippen molar-refractivity contribution in [3.05, 3.63) is 117 Å². The number of halogens is 1. The van der Waals surface area contributed by atoms with E-state index >= 15 is 0 Å². The molecule has 232 valence electrons. The predicted octanol–water partition coefficient (Wildman–Crippen LogP) is 6.03. The molecule has 3 aromatic carbocycles. The Labute approximate surface area is 270 Å². The third-order valence-corrected chi connectivity index (χ3v) is 9.59. The van der Waals surface area contributed by atoms with Crippen molar-refractivity contribution in [2.24, 2.45) is 17.8 Å². The van der Waals surface area contributed by atoms with Gasteiger partial charge in [0.15, 0.2) is 0 Å². The maximum atomic E-state index is 13.6. The highest BCUT2D eigenvalue weighted by molar-refractivity contribution is 6.34. The van der Waals surface area contributed by atoms with Crippen LogP contribution in [0.5, 0.6) is 0 Å². The summed E-state index contributed by atoms with van der Waals surface area (Å²) in [4.78, 5) is 13.6. The first kappa shape index (κ1) is 31.1. The van der Waals surface area contributed by atoms with Crippen LogP contribution < -0.4 is 21.3 Å². The molecule has 0 unspecified atom stereocenters. The highest BCUT2D eigenvalue weighted by atomic mass is 35.5. The SMILES string of the molecule is Cc1ccc([C@@H](C)NCc2ccc(-c3ccc(Cl)c(C(=O)N[C@@H](CNCC4[C@@H]5CNC[C@@H]45)Cc4ccc(C#N)cc4)c3)o2)cc1. The molecule has 0 spiro atoms. The van der Waals surface area contributed by atoms with Gasteiger partial charge in [0.2, 0.25) is 0 Å². The van der Waals surface area contributed by atoms with Gasteiger partial charge in [-0.25, -0.2) is 0 Å². The zero-order chi connectivity index (χ0) is 31.3. The lowest BCUT2D eigenvalue weighted by Crippen LogP contribution is -2.44. The number of rotatable bonds is 13. The topological polar surface area (TPSA) is 102 Å². The van der Waals surface area contributed by atoms with Gasteiger partial charge in [-0.15, -0.1) is 0 Å². The van der Waals surface area contributed by atoms with Gasteiger partial charge in [0.05, 0.1) is 28.8 Å². The largest absolute Gasteiger partial charge is 0.460 e. The average Bonchev–Trinajstić information content (AvgIpc) is 3.38. The molecule has 2 fully saturated rings. The van der Waals surface area contributed by atoms with Crippen LogP contribution in [0.15, 0.2) is 83.3 Å². The average molecular weight is 622 g/mol. The Morgan fingerprint density at radius 3 is 2.53 bits per heavy atom. The van der Waals surface area contributed by atoms with Crippen molar-refractivity contribution in [3.8, 4) is 17.4 Å². The van der Waals surface area contributed by atoms with Gasteiger partial charge in [-0.2, -0.15) is 5.26 Å². The van der Waals surface area contributed by atoms with Crippen molar-refractivity contribution in [2.75, 3.05) is 26.2 Å². The molecule has 1 saturated carbocycles. The van der Waals surface area contributed by atoms with Crippen LogP contribution in [-0.2, 0) is 13.0 Å². The van der Waals surface area contributed by atoms with E-state index in [9.17, 15) is 10.1 Å². The van der Waals surface area contributed by atoms with Crippen LogP contribution in [0, 0.1) is 36.0 Å². The summed E-state index contributed by atoms with van der Waals surface area (Å²) in [6.45, 7) is 8.61. The minimum atomic E-state index is -0.227. The van der Waals surface area contributed by atoms with Crippen molar-refractivity contribution < 1.29 is 9.21 Å². The molecule has 2 heterocycles. The number of aryl methyl sites for hydroxylation is 1. The van der Waals surface area contributed by atoms with Crippen LogP contribution in [0.4, 0.5) is 0 Å². The lowest BCUT2D eigenvalue weighted by atomic mass is 10.0. The molecule has 0 radical (unpaired) electrons. The molecule has 6 rings (SSSR count). The summed E-state index contributed by atoms with van der Waals surface area (Å²) in [6.07, 6.45) is 0.635. The molecule has 1 aliphatic carbocycles. The quantitative estimate of drug-likeness (QED) is 0.145. The van der Waals surface area contributed by atoms with Crippen LogP contribution >= 0.6 is 11.6 Å². The number of nitriles is 1. The lowest BCUT2D eigenvalue weighted by molar-refractivity contribution is 0.0936. The fourth-order valence-corrected chi connectivity index (χ4v) is 6.62. The number of fused-ring (bicyclic) bond motifs is 1. The van der Waals surface area contributed by atoms with E-state index in [0.717, 1.165) is 48.4 Å². The normalized spacial score (nSPS) is 19.8. The first-order chi connectivity index (χ1) is 21.9. The number of hydrogen-bond acceptors (Lipinski definition) is 6. The van der Waals surface area contributed by atoms with Crippen molar-refractivity contribution in [1.82, 2.24) is 21.3 Å². The molecule has 1 saturated heterocycles. The van der Waals surface area contributed by atoms with Crippen LogP contribution in [0.25, 0.3) is 11.3 Å². The molecular weight excluding hydrogens is 582 g/mol. The van der Waals surface area contributed by atoms with E-state index in [1.807, 2.05) is 42.5 Å². The second-order valence-electron chi connectivity index (χ2n) is 12.5. The van der Waals surface area contributed by atoms with Gasteiger partial charge in [-0.05, 0) is 111 Å². The number of carbonyl (C=O) groups is 1. The monoisotopic (exact) mass is 621 g/mol. The van der Waals surface area contributed by atoms with E-state index < -0.39 is 0 Å². The summed E-state index contributed by atoms with van der Waals surface area (Å²) >= 11 is 6.57. The summed E-state index contributed by atoms with van der Waals surface area (Å²) in [5.74, 6) is 3.54. The highest BCUT2D eigenvalue weighted by Gasteiger charge is 2.52. The van der Waals surface area contributed by atoms with Crippen LogP contribution in [0.1, 0.15) is 51.3 Å². The first-order valence-corrected chi connectivity index (χ1v) is 16.2.